The molecule has 0 bridgehead atoms. The fraction of sp³-hybridized carbons (Fsp3) is 0.364. The molecule has 1 N–H and O–H groups in total. The Kier molecular flexibility index (Phi) is 7.59. The monoisotopic (exact) mass is 308 g/mol. The summed E-state index contributed by atoms with van der Waals surface area (Å²) in [7, 11) is 0. The van der Waals surface area contributed by atoms with Gasteiger partial charge in [-0.1, -0.05) is 67.9 Å². The second-order valence-corrected chi connectivity index (χ2v) is 6.17. The molecular weight excluding hydrogens is 280 g/mol. The number of aliphatic hydroxyl groups is 1. The summed E-state index contributed by atoms with van der Waals surface area (Å²) in [4.78, 5) is 0. The maximum Gasteiger partial charge on any atom is 0.118 e. The van der Waals surface area contributed by atoms with Crippen molar-refractivity contribution in [2.24, 2.45) is 5.92 Å². The molecule has 0 aromatic rings. The van der Waals surface area contributed by atoms with Crippen LogP contribution in [0.25, 0.3) is 0 Å². The van der Waals surface area contributed by atoms with E-state index in [9.17, 15) is 5.11 Å². The minimum absolute atomic E-state index is 0.428. The highest BCUT2D eigenvalue weighted by Gasteiger charge is 2.33. The van der Waals surface area contributed by atoms with E-state index in [1.54, 1.807) is 6.08 Å². The van der Waals surface area contributed by atoms with E-state index in [2.05, 4.69) is 38.8 Å². The maximum atomic E-state index is 11.6. The molecule has 0 saturated carbocycles. The normalized spacial score (nSPS) is 29.3. The SMILES string of the molecule is C#C/C=C\C1=C(/C)C/C=C\C=C/CC1(O)C(/C=C\C(C)C)=C/C. The Morgan fingerprint density at radius 3 is 2.65 bits per heavy atom. The van der Waals surface area contributed by atoms with Crippen molar-refractivity contribution in [1.82, 2.24) is 0 Å². The van der Waals surface area contributed by atoms with Crippen LogP contribution < -0.4 is 0 Å². The van der Waals surface area contributed by atoms with E-state index >= 15 is 0 Å². The molecule has 0 aliphatic heterocycles. The number of hydrogen-bond acceptors (Lipinski definition) is 1. The first-order valence-electron chi connectivity index (χ1n) is 8.17. The van der Waals surface area contributed by atoms with Crippen LogP contribution in [0.4, 0.5) is 0 Å². The van der Waals surface area contributed by atoms with Crippen LogP contribution in [-0.2, 0) is 0 Å². The lowest BCUT2D eigenvalue weighted by atomic mass is 9.79. The van der Waals surface area contributed by atoms with Crippen molar-refractivity contribution in [3.63, 3.8) is 0 Å². The molecule has 1 heteroatoms. The summed E-state index contributed by atoms with van der Waals surface area (Å²) >= 11 is 0. The van der Waals surface area contributed by atoms with Crippen molar-refractivity contribution in [3.05, 3.63) is 71.4 Å². The number of hydrogen-bond donors (Lipinski definition) is 1. The highest BCUT2D eigenvalue weighted by molar-refractivity contribution is 5.48. The van der Waals surface area contributed by atoms with Gasteiger partial charge in [0.1, 0.15) is 5.60 Å². The van der Waals surface area contributed by atoms with Gasteiger partial charge in [0.2, 0.25) is 0 Å². The Hall–Kier alpha value is -2.04. The summed E-state index contributed by atoms with van der Waals surface area (Å²) in [6.45, 7) is 8.27. The van der Waals surface area contributed by atoms with Gasteiger partial charge in [0.25, 0.3) is 0 Å². The van der Waals surface area contributed by atoms with E-state index in [1.807, 2.05) is 43.4 Å². The first-order chi connectivity index (χ1) is 11.0. The minimum Gasteiger partial charge on any atom is -0.380 e. The average molecular weight is 308 g/mol. The van der Waals surface area contributed by atoms with Gasteiger partial charge >= 0.3 is 0 Å². The molecule has 1 aliphatic rings. The summed E-state index contributed by atoms with van der Waals surface area (Å²) in [6.07, 6.45) is 24.5. The first-order valence-corrected chi connectivity index (χ1v) is 8.17. The Bertz CT molecular complexity index is 615. The Morgan fingerprint density at radius 1 is 1.35 bits per heavy atom. The third kappa shape index (κ3) is 5.27. The first kappa shape index (κ1) is 19.0. The number of rotatable bonds is 4. The Labute approximate surface area is 141 Å². The van der Waals surface area contributed by atoms with E-state index < -0.39 is 5.60 Å². The van der Waals surface area contributed by atoms with Gasteiger partial charge in [-0.25, -0.2) is 0 Å². The quantitative estimate of drug-likeness (QED) is 0.553. The van der Waals surface area contributed by atoms with Crippen molar-refractivity contribution in [2.75, 3.05) is 0 Å². The minimum atomic E-state index is -1.07. The molecule has 1 nitrogen and oxygen atoms in total. The van der Waals surface area contributed by atoms with Gasteiger partial charge in [0.05, 0.1) is 0 Å². The molecule has 1 atom stereocenters. The highest BCUT2D eigenvalue weighted by atomic mass is 16.3. The predicted molar refractivity (Wildman–Crippen MR) is 101 cm³/mol. The summed E-state index contributed by atoms with van der Waals surface area (Å²) in [5.74, 6) is 2.96. The summed E-state index contributed by atoms with van der Waals surface area (Å²) < 4.78 is 0. The van der Waals surface area contributed by atoms with Crippen molar-refractivity contribution in [3.8, 4) is 12.3 Å². The molecule has 23 heavy (non-hydrogen) atoms. The largest absolute Gasteiger partial charge is 0.380 e. The molecule has 1 rings (SSSR count). The highest BCUT2D eigenvalue weighted by Crippen LogP contribution is 2.35. The van der Waals surface area contributed by atoms with Crippen LogP contribution >= 0.6 is 0 Å². The van der Waals surface area contributed by atoms with E-state index in [1.165, 1.54) is 0 Å². The molecule has 0 fully saturated rings. The van der Waals surface area contributed by atoms with Crippen LogP contribution in [-0.4, -0.2) is 10.7 Å². The fourth-order valence-corrected chi connectivity index (χ4v) is 2.67. The van der Waals surface area contributed by atoms with Gasteiger partial charge in [0, 0.05) is 6.42 Å². The zero-order valence-electron chi connectivity index (χ0n) is 14.7. The number of terminal acetylenes is 1. The van der Waals surface area contributed by atoms with Gasteiger partial charge in [0.15, 0.2) is 0 Å². The predicted octanol–water partition coefficient (Wildman–Crippen LogP) is 5.29. The van der Waals surface area contributed by atoms with E-state index in [0.717, 1.165) is 23.1 Å². The molecule has 0 spiro atoms. The molecule has 0 amide bonds. The average Bonchev–Trinajstić information content (AvgIpc) is 2.57. The lowest BCUT2D eigenvalue weighted by molar-refractivity contribution is 0.126. The van der Waals surface area contributed by atoms with E-state index in [-0.39, 0.29) is 0 Å². The second kappa shape index (κ2) is 9.18. The molecule has 122 valence electrons. The smallest absolute Gasteiger partial charge is 0.118 e. The number of allylic oxidation sites excluding steroid dienone is 7. The standard InChI is InChI=1S/C22H28O/c1-6-8-14-21-19(5)13-11-9-10-12-17-22(21,23)20(7-2)16-15-18(3)4/h1,7-12,14-16,18,23H,13,17H2,2-5H3/b11-9-,12-10-,14-8-,16-15-,20-7+,21-19-. The van der Waals surface area contributed by atoms with Crippen LogP contribution in [0.2, 0.25) is 0 Å². The fourth-order valence-electron chi connectivity index (χ4n) is 2.67. The maximum absolute atomic E-state index is 11.6. The zero-order chi connectivity index (χ0) is 17.3. The summed E-state index contributed by atoms with van der Waals surface area (Å²) in [5.41, 5.74) is 1.83. The van der Waals surface area contributed by atoms with Crippen LogP contribution in [0.3, 0.4) is 0 Å². The molecule has 0 saturated heterocycles. The van der Waals surface area contributed by atoms with Gasteiger partial charge in [-0.3, -0.25) is 0 Å². The molecule has 0 aromatic carbocycles. The lowest BCUT2D eigenvalue weighted by Crippen LogP contribution is -2.33. The Morgan fingerprint density at radius 2 is 2.04 bits per heavy atom. The summed E-state index contributed by atoms with van der Waals surface area (Å²) in [5, 5.41) is 11.6. The molecule has 1 aliphatic carbocycles. The van der Waals surface area contributed by atoms with Crippen LogP contribution in [0.1, 0.15) is 40.5 Å². The van der Waals surface area contributed by atoms with E-state index in [4.69, 9.17) is 6.42 Å². The molecule has 0 heterocycles. The van der Waals surface area contributed by atoms with Gasteiger partial charge in [-0.2, -0.15) is 0 Å². The van der Waals surface area contributed by atoms with E-state index in [0.29, 0.717) is 12.3 Å². The molecule has 1 unspecified atom stereocenters. The van der Waals surface area contributed by atoms with Crippen LogP contribution in [0.5, 0.6) is 0 Å². The second-order valence-electron chi connectivity index (χ2n) is 6.17. The molecular formula is C22H28O. The lowest BCUT2D eigenvalue weighted by Gasteiger charge is -2.32. The molecule has 0 radical (unpaired) electrons. The summed E-state index contributed by atoms with van der Waals surface area (Å²) in [6, 6.07) is 0. The van der Waals surface area contributed by atoms with Gasteiger partial charge < -0.3 is 5.11 Å². The molecule has 0 aromatic heterocycles. The third-order valence-electron chi connectivity index (χ3n) is 3.92. The van der Waals surface area contributed by atoms with Gasteiger partial charge in [-0.15, -0.1) is 6.42 Å². The van der Waals surface area contributed by atoms with Crippen molar-refractivity contribution in [2.45, 2.75) is 46.1 Å². The van der Waals surface area contributed by atoms with Gasteiger partial charge in [-0.05, 0) is 49.5 Å². The van der Waals surface area contributed by atoms with Crippen LogP contribution in [0, 0.1) is 18.3 Å². The van der Waals surface area contributed by atoms with Crippen molar-refractivity contribution < 1.29 is 5.11 Å². The van der Waals surface area contributed by atoms with Crippen molar-refractivity contribution >= 4 is 0 Å². The van der Waals surface area contributed by atoms with Crippen molar-refractivity contribution in [1.29, 1.82) is 0 Å². The zero-order valence-corrected chi connectivity index (χ0v) is 14.7. The van der Waals surface area contributed by atoms with Crippen LogP contribution in [0.15, 0.2) is 71.4 Å². The third-order valence-corrected chi connectivity index (χ3v) is 3.92. The topological polar surface area (TPSA) is 20.2 Å². The Balaban J connectivity index is 3.48.